The largest absolute Gasteiger partial charge is 0.341 e. The van der Waals surface area contributed by atoms with Crippen LogP contribution in [0.1, 0.15) is 18.9 Å². The summed E-state index contributed by atoms with van der Waals surface area (Å²) < 4.78 is 13.0. The first-order valence-electron chi connectivity index (χ1n) is 6.32. The first kappa shape index (κ1) is 14.3. The molecule has 19 heavy (non-hydrogen) atoms. The van der Waals surface area contributed by atoms with Crippen LogP contribution in [-0.4, -0.2) is 30.9 Å². The number of halogens is 2. The van der Waals surface area contributed by atoms with Crippen LogP contribution in [0.3, 0.4) is 0 Å². The lowest BCUT2D eigenvalue weighted by Gasteiger charge is -2.28. The summed E-state index contributed by atoms with van der Waals surface area (Å²) in [7, 11) is 1.76. The average molecular weight is 285 g/mol. The minimum atomic E-state index is -0.366. The first-order valence-corrected chi connectivity index (χ1v) is 6.70. The predicted octanol–water partition coefficient (Wildman–Crippen LogP) is 2.44. The van der Waals surface area contributed by atoms with E-state index in [2.05, 4.69) is 5.32 Å². The smallest absolute Gasteiger partial charge is 0.229 e. The average Bonchev–Trinajstić information content (AvgIpc) is 2.80. The van der Waals surface area contributed by atoms with E-state index in [4.69, 9.17) is 11.6 Å². The molecule has 0 saturated carbocycles. The van der Waals surface area contributed by atoms with Crippen LogP contribution in [0.15, 0.2) is 18.2 Å². The normalized spacial score (nSPS) is 22.5. The van der Waals surface area contributed by atoms with Crippen molar-refractivity contribution in [1.29, 1.82) is 0 Å². The van der Waals surface area contributed by atoms with Crippen LogP contribution in [-0.2, 0) is 11.3 Å². The van der Waals surface area contributed by atoms with Gasteiger partial charge >= 0.3 is 0 Å². The molecule has 1 N–H and O–H groups in total. The van der Waals surface area contributed by atoms with E-state index in [1.54, 1.807) is 18.0 Å². The van der Waals surface area contributed by atoms with Gasteiger partial charge in [-0.1, -0.05) is 17.7 Å². The third kappa shape index (κ3) is 3.07. The van der Waals surface area contributed by atoms with Crippen molar-refractivity contribution in [2.75, 3.05) is 20.1 Å². The Hall–Kier alpha value is -1.13. The van der Waals surface area contributed by atoms with Crippen molar-refractivity contribution in [3.63, 3.8) is 0 Å². The molecule has 2 rings (SSSR count). The second kappa shape index (κ2) is 5.47. The lowest BCUT2D eigenvalue weighted by atomic mass is 9.88. The highest BCUT2D eigenvalue weighted by Crippen LogP contribution is 2.28. The van der Waals surface area contributed by atoms with Crippen molar-refractivity contribution < 1.29 is 9.18 Å². The molecule has 1 aliphatic rings. The van der Waals surface area contributed by atoms with Crippen LogP contribution in [0.4, 0.5) is 4.39 Å². The topological polar surface area (TPSA) is 32.3 Å². The summed E-state index contributed by atoms with van der Waals surface area (Å²) in [6, 6.07) is 4.25. The molecule has 1 heterocycles. The van der Waals surface area contributed by atoms with Gasteiger partial charge in [0, 0.05) is 25.2 Å². The van der Waals surface area contributed by atoms with E-state index in [1.165, 1.54) is 12.1 Å². The SMILES string of the molecule is CN(Cc1ccc(F)cc1Cl)C(=O)C1(C)CCNC1. The van der Waals surface area contributed by atoms with E-state index < -0.39 is 0 Å². The highest BCUT2D eigenvalue weighted by Gasteiger charge is 2.38. The number of carbonyl (C=O) groups is 1. The quantitative estimate of drug-likeness (QED) is 0.925. The number of carbonyl (C=O) groups excluding carboxylic acids is 1. The van der Waals surface area contributed by atoms with Gasteiger partial charge in [0.1, 0.15) is 5.82 Å². The molecule has 3 nitrogen and oxygen atoms in total. The summed E-state index contributed by atoms with van der Waals surface area (Å²) in [5.74, 6) is -0.271. The first-order chi connectivity index (χ1) is 8.92. The van der Waals surface area contributed by atoms with E-state index in [0.29, 0.717) is 18.1 Å². The Morgan fingerprint density at radius 2 is 2.32 bits per heavy atom. The Kier molecular flexibility index (Phi) is 4.11. The summed E-state index contributed by atoms with van der Waals surface area (Å²) in [6.45, 7) is 3.94. The number of nitrogens with one attached hydrogen (secondary N) is 1. The molecule has 0 spiro atoms. The van der Waals surface area contributed by atoms with Gasteiger partial charge in [0.25, 0.3) is 0 Å². The maximum atomic E-state index is 13.0. The molecule has 104 valence electrons. The minimum absolute atomic E-state index is 0.0953. The molecule has 0 bridgehead atoms. The second-order valence-electron chi connectivity index (χ2n) is 5.38. The zero-order valence-corrected chi connectivity index (χ0v) is 11.9. The van der Waals surface area contributed by atoms with E-state index in [9.17, 15) is 9.18 Å². The molecule has 0 aromatic heterocycles. The molecule has 1 aliphatic heterocycles. The third-order valence-electron chi connectivity index (χ3n) is 3.65. The van der Waals surface area contributed by atoms with Crippen LogP contribution < -0.4 is 5.32 Å². The van der Waals surface area contributed by atoms with Crippen molar-refractivity contribution in [3.8, 4) is 0 Å². The minimum Gasteiger partial charge on any atom is -0.341 e. The van der Waals surface area contributed by atoms with Crippen LogP contribution >= 0.6 is 11.6 Å². The van der Waals surface area contributed by atoms with Gasteiger partial charge in [0.15, 0.2) is 0 Å². The fourth-order valence-electron chi connectivity index (χ4n) is 2.44. The predicted molar refractivity (Wildman–Crippen MR) is 73.5 cm³/mol. The summed E-state index contributed by atoms with van der Waals surface area (Å²) in [5, 5.41) is 3.56. The van der Waals surface area contributed by atoms with Crippen molar-refractivity contribution in [2.45, 2.75) is 19.9 Å². The number of benzene rings is 1. The lowest BCUT2D eigenvalue weighted by Crippen LogP contribution is -2.41. The molecule has 1 aromatic rings. The molecular formula is C14H18ClFN2O. The van der Waals surface area contributed by atoms with Crippen molar-refractivity contribution in [2.24, 2.45) is 5.41 Å². The number of hydrogen-bond donors (Lipinski definition) is 1. The Balaban J connectivity index is 2.08. The number of rotatable bonds is 3. The fraction of sp³-hybridized carbons (Fsp3) is 0.500. The van der Waals surface area contributed by atoms with E-state index >= 15 is 0 Å². The summed E-state index contributed by atoms with van der Waals surface area (Å²) in [4.78, 5) is 14.1. The van der Waals surface area contributed by atoms with Crippen LogP contribution in [0.2, 0.25) is 5.02 Å². The highest BCUT2D eigenvalue weighted by atomic mass is 35.5. The van der Waals surface area contributed by atoms with Gasteiger partial charge < -0.3 is 10.2 Å². The lowest BCUT2D eigenvalue weighted by molar-refractivity contribution is -0.139. The van der Waals surface area contributed by atoms with Gasteiger partial charge in [-0.05, 0) is 37.6 Å². The van der Waals surface area contributed by atoms with Crippen molar-refractivity contribution in [3.05, 3.63) is 34.6 Å². The van der Waals surface area contributed by atoms with Gasteiger partial charge in [-0.3, -0.25) is 4.79 Å². The Bertz CT molecular complexity index is 486. The molecule has 1 atom stereocenters. The van der Waals surface area contributed by atoms with E-state index in [-0.39, 0.29) is 17.1 Å². The standard InChI is InChI=1S/C14H18ClFN2O/c1-14(5-6-17-9-14)13(19)18(2)8-10-3-4-11(16)7-12(10)15/h3-4,7,17H,5-6,8-9H2,1-2H3. The molecule has 1 fully saturated rings. The van der Waals surface area contributed by atoms with E-state index in [0.717, 1.165) is 18.5 Å². The van der Waals surface area contributed by atoms with Gasteiger partial charge in [-0.2, -0.15) is 0 Å². The van der Waals surface area contributed by atoms with Gasteiger partial charge in [-0.15, -0.1) is 0 Å². The molecular weight excluding hydrogens is 267 g/mol. The van der Waals surface area contributed by atoms with Crippen LogP contribution in [0.5, 0.6) is 0 Å². The number of nitrogens with zero attached hydrogens (tertiary/aromatic N) is 1. The summed E-state index contributed by atoms with van der Waals surface area (Å²) >= 11 is 5.98. The van der Waals surface area contributed by atoms with Crippen molar-refractivity contribution >= 4 is 17.5 Å². The molecule has 0 aliphatic carbocycles. The zero-order valence-electron chi connectivity index (χ0n) is 11.2. The monoisotopic (exact) mass is 284 g/mol. The maximum absolute atomic E-state index is 13.0. The number of amides is 1. The van der Waals surface area contributed by atoms with Crippen LogP contribution in [0.25, 0.3) is 0 Å². The molecule has 1 aromatic carbocycles. The Morgan fingerprint density at radius 1 is 1.58 bits per heavy atom. The number of hydrogen-bond acceptors (Lipinski definition) is 2. The molecule has 0 radical (unpaired) electrons. The fourth-order valence-corrected chi connectivity index (χ4v) is 2.66. The third-order valence-corrected chi connectivity index (χ3v) is 4.01. The molecule has 5 heteroatoms. The molecule has 1 saturated heterocycles. The molecule has 1 amide bonds. The maximum Gasteiger partial charge on any atom is 0.229 e. The summed E-state index contributed by atoms with van der Waals surface area (Å²) in [5.41, 5.74) is 0.412. The highest BCUT2D eigenvalue weighted by molar-refractivity contribution is 6.31. The van der Waals surface area contributed by atoms with Gasteiger partial charge in [0.2, 0.25) is 5.91 Å². The Morgan fingerprint density at radius 3 is 2.89 bits per heavy atom. The van der Waals surface area contributed by atoms with Gasteiger partial charge in [-0.25, -0.2) is 4.39 Å². The molecule has 1 unspecified atom stereocenters. The van der Waals surface area contributed by atoms with Crippen molar-refractivity contribution in [1.82, 2.24) is 10.2 Å². The van der Waals surface area contributed by atoms with Gasteiger partial charge in [0.05, 0.1) is 5.41 Å². The Labute approximate surface area is 117 Å². The second-order valence-corrected chi connectivity index (χ2v) is 5.79. The zero-order chi connectivity index (χ0) is 14.0. The summed E-state index contributed by atoms with van der Waals surface area (Å²) in [6.07, 6.45) is 0.841. The van der Waals surface area contributed by atoms with E-state index in [1.807, 2.05) is 6.92 Å². The van der Waals surface area contributed by atoms with Crippen LogP contribution in [0, 0.1) is 11.2 Å².